The van der Waals surface area contributed by atoms with Gasteiger partial charge in [-0.3, -0.25) is 0 Å². The molecule has 15 heavy (non-hydrogen) atoms. The van der Waals surface area contributed by atoms with Gasteiger partial charge in [-0.25, -0.2) is 0 Å². The lowest BCUT2D eigenvalue weighted by molar-refractivity contribution is 0.280. The zero-order chi connectivity index (χ0) is 11.5. The van der Waals surface area contributed by atoms with Crippen LogP contribution in [0, 0.1) is 11.3 Å². The molecular formula is C14H26O. The number of rotatable bonds is 5. The first kappa shape index (κ1) is 12.8. The van der Waals surface area contributed by atoms with E-state index in [2.05, 4.69) is 27.7 Å². The minimum absolute atomic E-state index is 0.340. The van der Waals surface area contributed by atoms with Crippen LogP contribution in [0.25, 0.3) is 0 Å². The van der Waals surface area contributed by atoms with Gasteiger partial charge < -0.3 is 5.11 Å². The number of allylic oxidation sites excluding steroid dienone is 2. The van der Waals surface area contributed by atoms with Crippen LogP contribution in [0.15, 0.2) is 11.1 Å². The van der Waals surface area contributed by atoms with Crippen LogP contribution in [0.1, 0.15) is 59.8 Å². The van der Waals surface area contributed by atoms with E-state index >= 15 is 0 Å². The van der Waals surface area contributed by atoms with Crippen molar-refractivity contribution in [2.45, 2.75) is 59.8 Å². The Morgan fingerprint density at radius 1 is 1.33 bits per heavy atom. The van der Waals surface area contributed by atoms with Crippen molar-refractivity contribution in [2.75, 3.05) is 6.61 Å². The van der Waals surface area contributed by atoms with E-state index in [0.29, 0.717) is 12.0 Å². The summed E-state index contributed by atoms with van der Waals surface area (Å²) in [6.07, 6.45) is 5.88. The molecule has 0 bridgehead atoms. The van der Waals surface area contributed by atoms with Gasteiger partial charge in [-0.15, -0.1) is 0 Å². The van der Waals surface area contributed by atoms with Gasteiger partial charge in [0.1, 0.15) is 0 Å². The van der Waals surface area contributed by atoms with E-state index in [0.717, 1.165) is 18.8 Å². The van der Waals surface area contributed by atoms with Crippen molar-refractivity contribution < 1.29 is 5.11 Å². The number of hydrogen-bond acceptors (Lipinski definition) is 1. The summed E-state index contributed by atoms with van der Waals surface area (Å²) >= 11 is 0. The molecule has 1 heteroatoms. The topological polar surface area (TPSA) is 20.2 Å². The first-order chi connectivity index (χ1) is 7.04. The Hall–Kier alpha value is -0.300. The van der Waals surface area contributed by atoms with Gasteiger partial charge in [0.15, 0.2) is 0 Å². The second kappa shape index (κ2) is 5.16. The van der Waals surface area contributed by atoms with Crippen LogP contribution in [0.5, 0.6) is 0 Å². The van der Waals surface area contributed by atoms with Crippen molar-refractivity contribution in [2.24, 2.45) is 11.3 Å². The maximum atomic E-state index is 8.79. The van der Waals surface area contributed by atoms with E-state index in [1.807, 2.05) is 0 Å². The van der Waals surface area contributed by atoms with Gasteiger partial charge >= 0.3 is 0 Å². The van der Waals surface area contributed by atoms with E-state index in [1.54, 1.807) is 11.1 Å². The van der Waals surface area contributed by atoms with Gasteiger partial charge in [-0.05, 0) is 43.9 Å². The van der Waals surface area contributed by atoms with Crippen LogP contribution in [-0.2, 0) is 0 Å². The molecule has 1 N–H and O–H groups in total. The highest BCUT2D eigenvalue weighted by atomic mass is 16.2. The van der Waals surface area contributed by atoms with Gasteiger partial charge in [-0.1, -0.05) is 38.3 Å². The Kier molecular flexibility index (Phi) is 4.39. The molecule has 0 heterocycles. The fourth-order valence-electron chi connectivity index (χ4n) is 2.86. The molecule has 1 atom stereocenters. The third-order valence-corrected chi connectivity index (χ3v) is 4.39. The molecule has 0 aliphatic heterocycles. The molecule has 0 spiro atoms. The van der Waals surface area contributed by atoms with Crippen molar-refractivity contribution in [3.63, 3.8) is 0 Å². The predicted molar refractivity (Wildman–Crippen MR) is 65.8 cm³/mol. The first-order valence-electron chi connectivity index (χ1n) is 6.34. The maximum absolute atomic E-state index is 8.79. The fourth-order valence-corrected chi connectivity index (χ4v) is 2.86. The molecular weight excluding hydrogens is 184 g/mol. The molecule has 0 radical (unpaired) electrons. The van der Waals surface area contributed by atoms with E-state index in [-0.39, 0.29) is 0 Å². The van der Waals surface area contributed by atoms with Gasteiger partial charge in [0.2, 0.25) is 0 Å². The maximum Gasteiger partial charge on any atom is 0.0431 e. The van der Waals surface area contributed by atoms with Gasteiger partial charge in [0, 0.05) is 6.61 Å². The highest BCUT2D eigenvalue weighted by molar-refractivity contribution is 5.27. The summed E-state index contributed by atoms with van der Waals surface area (Å²) in [5.41, 5.74) is 3.69. The lowest BCUT2D eigenvalue weighted by Crippen LogP contribution is -2.19. The normalized spacial score (nSPS) is 25.0. The Bertz CT molecular complexity index is 238. The van der Waals surface area contributed by atoms with Gasteiger partial charge in [0.25, 0.3) is 0 Å². The number of aliphatic hydroxyl groups excluding tert-OH is 1. The monoisotopic (exact) mass is 210 g/mol. The molecule has 0 fully saturated rings. The van der Waals surface area contributed by atoms with Crippen LogP contribution in [0.2, 0.25) is 0 Å². The molecule has 0 amide bonds. The van der Waals surface area contributed by atoms with Crippen LogP contribution >= 0.6 is 0 Å². The van der Waals surface area contributed by atoms with E-state index < -0.39 is 0 Å². The fraction of sp³-hybridized carbons (Fsp3) is 0.857. The molecule has 0 aromatic rings. The SMILES string of the molecule is CCC1CC(CCCCO)=C(C)C1(C)C. The zero-order valence-corrected chi connectivity index (χ0v) is 10.8. The quantitative estimate of drug-likeness (QED) is 0.538. The summed E-state index contributed by atoms with van der Waals surface area (Å²) in [7, 11) is 0. The summed E-state index contributed by atoms with van der Waals surface area (Å²) in [5, 5.41) is 8.79. The van der Waals surface area contributed by atoms with Gasteiger partial charge in [-0.2, -0.15) is 0 Å². The van der Waals surface area contributed by atoms with Crippen LogP contribution in [0.3, 0.4) is 0 Å². The van der Waals surface area contributed by atoms with E-state index in [1.165, 1.54) is 19.3 Å². The Morgan fingerprint density at radius 2 is 2.00 bits per heavy atom. The highest BCUT2D eigenvalue weighted by Gasteiger charge is 2.37. The number of unbranched alkanes of at least 4 members (excludes halogenated alkanes) is 1. The second-order valence-electron chi connectivity index (χ2n) is 5.44. The van der Waals surface area contributed by atoms with Crippen molar-refractivity contribution in [1.29, 1.82) is 0 Å². The predicted octanol–water partition coefficient (Wildman–Crippen LogP) is 3.92. The number of hydrogen-bond donors (Lipinski definition) is 1. The summed E-state index contributed by atoms with van der Waals surface area (Å²) in [6.45, 7) is 9.72. The lowest BCUT2D eigenvalue weighted by atomic mass is 9.76. The van der Waals surface area contributed by atoms with Crippen molar-refractivity contribution in [3.8, 4) is 0 Å². The first-order valence-corrected chi connectivity index (χ1v) is 6.34. The third-order valence-electron chi connectivity index (χ3n) is 4.39. The second-order valence-corrected chi connectivity index (χ2v) is 5.44. The van der Waals surface area contributed by atoms with Crippen LogP contribution in [-0.4, -0.2) is 11.7 Å². The standard InChI is InChI=1S/C14H26O/c1-5-13-10-12(8-6-7-9-15)11(2)14(13,3)4/h13,15H,5-10H2,1-4H3. The van der Waals surface area contributed by atoms with Crippen molar-refractivity contribution in [1.82, 2.24) is 0 Å². The van der Waals surface area contributed by atoms with Crippen molar-refractivity contribution >= 4 is 0 Å². The molecule has 0 saturated heterocycles. The molecule has 1 aliphatic carbocycles. The largest absolute Gasteiger partial charge is 0.396 e. The Balaban J connectivity index is 2.61. The third kappa shape index (κ3) is 2.63. The minimum atomic E-state index is 0.340. The van der Waals surface area contributed by atoms with E-state index in [4.69, 9.17) is 5.11 Å². The molecule has 1 aliphatic rings. The lowest BCUT2D eigenvalue weighted by Gasteiger charge is -2.28. The minimum Gasteiger partial charge on any atom is -0.396 e. The molecule has 0 aromatic heterocycles. The van der Waals surface area contributed by atoms with Crippen molar-refractivity contribution in [3.05, 3.63) is 11.1 Å². The molecule has 0 saturated carbocycles. The van der Waals surface area contributed by atoms with Crippen LogP contribution in [0.4, 0.5) is 0 Å². The summed E-state index contributed by atoms with van der Waals surface area (Å²) in [5.74, 6) is 0.835. The summed E-state index contributed by atoms with van der Waals surface area (Å²) in [4.78, 5) is 0. The smallest absolute Gasteiger partial charge is 0.0431 e. The molecule has 1 rings (SSSR count). The van der Waals surface area contributed by atoms with Crippen LogP contribution < -0.4 is 0 Å². The molecule has 88 valence electrons. The summed E-state index contributed by atoms with van der Waals surface area (Å²) in [6, 6.07) is 0. The molecule has 1 nitrogen and oxygen atoms in total. The Morgan fingerprint density at radius 3 is 2.47 bits per heavy atom. The van der Waals surface area contributed by atoms with E-state index in [9.17, 15) is 0 Å². The average Bonchev–Trinajstić information content (AvgIpc) is 2.41. The van der Waals surface area contributed by atoms with Gasteiger partial charge in [0.05, 0.1) is 0 Å². The molecule has 1 unspecified atom stereocenters. The number of aliphatic hydroxyl groups is 1. The molecule has 0 aromatic carbocycles. The summed E-state index contributed by atoms with van der Waals surface area (Å²) < 4.78 is 0. The Labute approximate surface area is 94.6 Å². The highest BCUT2D eigenvalue weighted by Crippen LogP contribution is 2.49. The zero-order valence-electron chi connectivity index (χ0n) is 10.8. The average molecular weight is 210 g/mol.